The maximum absolute atomic E-state index is 12.7. The third kappa shape index (κ3) is 3.56. The summed E-state index contributed by atoms with van der Waals surface area (Å²) in [5.41, 5.74) is 4.06. The van der Waals surface area contributed by atoms with E-state index in [1.807, 2.05) is 13.1 Å². The normalized spacial score (nSPS) is 15.1. The van der Waals surface area contributed by atoms with Gasteiger partial charge in [-0.05, 0) is 47.9 Å². The van der Waals surface area contributed by atoms with Gasteiger partial charge in [-0.3, -0.25) is 4.79 Å². The number of fused-ring (bicyclic) bond motifs is 1. The van der Waals surface area contributed by atoms with Crippen LogP contribution in [0.25, 0.3) is 10.3 Å². The number of pyridine rings is 2. The standard InChI is InChI=1S/C20H20ClN3O2S/c1-11-24-17-16(20(2)4-5-20)13(10-23-19(17)27-11)8-14(25)6-12-7-15(21)18(26-3)22-9-12/h7,9-10H,4-6,8H2,1-3H3. The Kier molecular flexibility index (Phi) is 4.64. The van der Waals surface area contributed by atoms with E-state index >= 15 is 0 Å². The number of aryl methyl sites for hydroxylation is 1. The van der Waals surface area contributed by atoms with Crippen molar-refractivity contribution in [2.75, 3.05) is 7.11 Å². The molecule has 0 saturated heterocycles. The molecule has 0 unspecified atom stereocenters. The van der Waals surface area contributed by atoms with Crippen molar-refractivity contribution in [3.63, 3.8) is 0 Å². The van der Waals surface area contributed by atoms with Crippen molar-refractivity contribution in [2.45, 2.75) is 44.9 Å². The van der Waals surface area contributed by atoms with Crippen LogP contribution in [0.5, 0.6) is 5.88 Å². The van der Waals surface area contributed by atoms with Crippen LogP contribution < -0.4 is 4.74 Å². The molecule has 4 rings (SSSR count). The average molecular weight is 402 g/mol. The number of Topliss-reactive ketones (excluding diaryl/α,β-unsaturated/α-hetero) is 1. The molecule has 1 aliphatic carbocycles. The first-order valence-corrected chi connectivity index (χ1v) is 10.0. The minimum atomic E-state index is 0.108. The zero-order valence-corrected chi connectivity index (χ0v) is 17.1. The molecule has 27 heavy (non-hydrogen) atoms. The molecule has 1 fully saturated rings. The van der Waals surface area contributed by atoms with E-state index in [0.29, 0.717) is 17.3 Å². The lowest BCUT2D eigenvalue weighted by atomic mass is 9.90. The fourth-order valence-corrected chi connectivity index (χ4v) is 4.51. The van der Waals surface area contributed by atoms with E-state index in [9.17, 15) is 4.79 Å². The van der Waals surface area contributed by atoms with E-state index < -0.39 is 0 Å². The quantitative estimate of drug-likeness (QED) is 0.610. The smallest absolute Gasteiger partial charge is 0.232 e. The van der Waals surface area contributed by atoms with Gasteiger partial charge in [-0.2, -0.15) is 0 Å². The molecule has 0 N–H and O–H groups in total. The molecule has 1 aliphatic rings. The highest BCUT2D eigenvalue weighted by molar-refractivity contribution is 7.18. The second-order valence-corrected chi connectivity index (χ2v) is 8.92. The number of halogens is 1. The molecule has 3 heterocycles. The van der Waals surface area contributed by atoms with E-state index in [0.717, 1.165) is 39.3 Å². The van der Waals surface area contributed by atoms with Crippen LogP contribution in [0.4, 0.5) is 0 Å². The third-order valence-electron chi connectivity index (χ3n) is 5.06. The van der Waals surface area contributed by atoms with Crippen LogP contribution in [-0.2, 0) is 23.1 Å². The topological polar surface area (TPSA) is 65.0 Å². The summed E-state index contributed by atoms with van der Waals surface area (Å²) in [5, 5.41) is 1.42. The van der Waals surface area contributed by atoms with Crippen molar-refractivity contribution in [3.05, 3.63) is 45.2 Å². The molecular weight excluding hydrogens is 382 g/mol. The Labute approximate surface area is 166 Å². The van der Waals surface area contributed by atoms with Crippen LogP contribution in [0, 0.1) is 6.92 Å². The Hall–Kier alpha value is -2.05. The molecule has 3 aromatic rings. The summed E-state index contributed by atoms with van der Waals surface area (Å²) in [7, 11) is 1.52. The maximum atomic E-state index is 12.7. The molecule has 0 atom stereocenters. The second-order valence-electron chi connectivity index (χ2n) is 7.33. The van der Waals surface area contributed by atoms with Gasteiger partial charge in [-0.15, -0.1) is 0 Å². The molecule has 140 valence electrons. The Morgan fingerprint density at radius 2 is 2.07 bits per heavy atom. The predicted molar refractivity (Wildman–Crippen MR) is 107 cm³/mol. The molecular formula is C20H20ClN3O2S. The molecule has 5 nitrogen and oxygen atoms in total. The fourth-order valence-electron chi connectivity index (χ4n) is 3.48. The molecule has 0 aliphatic heterocycles. The lowest BCUT2D eigenvalue weighted by Gasteiger charge is -2.15. The Balaban J connectivity index is 1.61. The summed E-state index contributed by atoms with van der Waals surface area (Å²) in [6.07, 6.45) is 6.37. The molecule has 7 heteroatoms. The maximum Gasteiger partial charge on any atom is 0.232 e. The molecule has 1 saturated carbocycles. The SMILES string of the molecule is COc1ncc(CC(=O)Cc2cnc3sc(C)nc3c2C2(C)CC2)cc1Cl. The van der Waals surface area contributed by atoms with Crippen molar-refractivity contribution in [3.8, 4) is 5.88 Å². The Morgan fingerprint density at radius 3 is 2.74 bits per heavy atom. The number of methoxy groups -OCH3 is 1. The summed E-state index contributed by atoms with van der Waals surface area (Å²) in [5.74, 6) is 0.474. The predicted octanol–water partition coefficient (Wildman–Crippen LogP) is 4.46. The zero-order chi connectivity index (χ0) is 19.2. The lowest BCUT2D eigenvalue weighted by molar-refractivity contribution is -0.117. The van der Waals surface area contributed by atoms with Gasteiger partial charge in [0.25, 0.3) is 0 Å². The second kappa shape index (κ2) is 6.84. The molecule has 0 bridgehead atoms. The number of carbonyl (C=O) groups is 1. The monoisotopic (exact) mass is 401 g/mol. The van der Waals surface area contributed by atoms with Crippen molar-refractivity contribution in [1.29, 1.82) is 0 Å². The summed E-state index contributed by atoms with van der Waals surface area (Å²) in [6, 6.07) is 1.74. The number of hydrogen-bond acceptors (Lipinski definition) is 6. The van der Waals surface area contributed by atoms with Gasteiger partial charge in [0.05, 0.1) is 12.1 Å². The number of nitrogens with zero attached hydrogens (tertiary/aromatic N) is 3. The van der Waals surface area contributed by atoms with Crippen molar-refractivity contribution < 1.29 is 9.53 Å². The van der Waals surface area contributed by atoms with Gasteiger partial charge in [0.1, 0.15) is 21.2 Å². The van der Waals surface area contributed by atoms with Crippen LogP contribution >= 0.6 is 22.9 Å². The number of rotatable bonds is 6. The van der Waals surface area contributed by atoms with E-state index in [1.54, 1.807) is 23.6 Å². The van der Waals surface area contributed by atoms with E-state index in [1.165, 1.54) is 12.7 Å². The van der Waals surface area contributed by atoms with Crippen LogP contribution in [0.2, 0.25) is 5.02 Å². The largest absolute Gasteiger partial charge is 0.480 e. The van der Waals surface area contributed by atoms with Crippen LogP contribution in [-0.4, -0.2) is 27.8 Å². The third-order valence-corrected chi connectivity index (χ3v) is 6.21. The van der Waals surface area contributed by atoms with Crippen molar-refractivity contribution in [2.24, 2.45) is 0 Å². The van der Waals surface area contributed by atoms with E-state index in [-0.39, 0.29) is 17.6 Å². The minimum Gasteiger partial charge on any atom is -0.480 e. The number of hydrogen-bond donors (Lipinski definition) is 0. The lowest BCUT2D eigenvalue weighted by Crippen LogP contribution is -2.13. The first kappa shape index (κ1) is 18.3. The number of ether oxygens (including phenoxy) is 1. The zero-order valence-electron chi connectivity index (χ0n) is 15.5. The van der Waals surface area contributed by atoms with Gasteiger partial charge in [-0.25, -0.2) is 15.0 Å². The summed E-state index contributed by atoms with van der Waals surface area (Å²) in [4.78, 5) is 27.1. The van der Waals surface area contributed by atoms with Gasteiger partial charge < -0.3 is 4.74 Å². The highest BCUT2D eigenvalue weighted by Crippen LogP contribution is 2.51. The number of carbonyl (C=O) groups excluding carboxylic acids is 1. The number of ketones is 1. The van der Waals surface area contributed by atoms with Gasteiger partial charge in [0.15, 0.2) is 0 Å². The summed E-state index contributed by atoms with van der Waals surface area (Å²) < 4.78 is 5.06. The van der Waals surface area contributed by atoms with E-state index in [2.05, 4.69) is 16.9 Å². The van der Waals surface area contributed by atoms with E-state index in [4.69, 9.17) is 21.3 Å². The average Bonchev–Trinajstić information content (AvgIpc) is 3.23. The Bertz CT molecular complexity index is 1040. The highest BCUT2D eigenvalue weighted by atomic mass is 35.5. The number of thiazole rings is 1. The molecule has 0 radical (unpaired) electrons. The number of aromatic nitrogens is 3. The van der Waals surface area contributed by atoms with Gasteiger partial charge in [0, 0.05) is 25.2 Å². The molecule has 3 aromatic heterocycles. The van der Waals surface area contributed by atoms with Gasteiger partial charge >= 0.3 is 0 Å². The van der Waals surface area contributed by atoms with Crippen LogP contribution in [0.15, 0.2) is 18.5 Å². The fraction of sp³-hybridized carbons (Fsp3) is 0.400. The molecule has 0 spiro atoms. The van der Waals surface area contributed by atoms with Gasteiger partial charge in [0.2, 0.25) is 5.88 Å². The van der Waals surface area contributed by atoms with Crippen LogP contribution in [0.1, 0.15) is 41.5 Å². The first-order valence-electron chi connectivity index (χ1n) is 8.85. The van der Waals surface area contributed by atoms with Crippen molar-refractivity contribution in [1.82, 2.24) is 15.0 Å². The molecule has 0 amide bonds. The first-order chi connectivity index (χ1) is 12.9. The summed E-state index contributed by atoms with van der Waals surface area (Å²) >= 11 is 7.72. The highest BCUT2D eigenvalue weighted by Gasteiger charge is 2.42. The van der Waals surface area contributed by atoms with Gasteiger partial charge in [-0.1, -0.05) is 29.9 Å². The summed E-state index contributed by atoms with van der Waals surface area (Å²) in [6.45, 7) is 4.24. The van der Waals surface area contributed by atoms with Crippen LogP contribution in [0.3, 0.4) is 0 Å². The molecule has 0 aromatic carbocycles. The minimum absolute atomic E-state index is 0.108. The van der Waals surface area contributed by atoms with Crippen molar-refractivity contribution >= 4 is 39.1 Å². The Morgan fingerprint density at radius 1 is 1.30 bits per heavy atom.